The zero-order valence-electron chi connectivity index (χ0n) is 9.67. The quantitative estimate of drug-likeness (QED) is 0.878. The highest BCUT2D eigenvalue weighted by Gasteiger charge is 2.19. The van der Waals surface area contributed by atoms with Gasteiger partial charge in [0, 0.05) is 6.07 Å². The molecule has 0 aliphatic rings. The van der Waals surface area contributed by atoms with Crippen LogP contribution in [-0.2, 0) is 0 Å². The lowest BCUT2D eigenvalue weighted by atomic mass is 10.2. The molecule has 0 aromatic carbocycles. The molecule has 0 atom stereocenters. The van der Waals surface area contributed by atoms with Crippen molar-refractivity contribution < 1.29 is 19.1 Å². The monoisotopic (exact) mass is 280 g/mol. The third-order valence-corrected chi connectivity index (χ3v) is 3.12. The van der Waals surface area contributed by atoms with Crippen LogP contribution in [0.5, 0.6) is 0 Å². The normalized spacial score (nSPS) is 10.2. The van der Waals surface area contributed by atoms with Gasteiger partial charge in [-0.2, -0.15) is 4.37 Å². The van der Waals surface area contributed by atoms with Crippen LogP contribution in [0.3, 0.4) is 0 Å². The molecule has 2 heterocycles. The summed E-state index contributed by atoms with van der Waals surface area (Å²) in [6, 6.07) is 2.39. The van der Waals surface area contributed by atoms with Crippen molar-refractivity contribution in [2.75, 3.05) is 5.32 Å². The number of carbonyl (C=O) groups excluding carboxylic acids is 1. The Morgan fingerprint density at radius 1 is 1.42 bits per heavy atom. The molecule has 0 radical (unpaired) electrons. The molecule has 19 heavy (non-hydrogen) atoms. The predicted octanol–water partition coefficient (Wildman–Crippen LogP) is 1.36. The second-order valence-corrected chi connectivity index (χ2v) is 4.35. The molecule has 8 heteroatoms. The Labute approximate surface area is 110 Å². The number of carboxylic acid groups (broad SMARTS) is 1. The highest BCUT2D eigenvalue weighted by Crippen LogP contribution is 2.24. The molecule has 0 bridgehead atoms. The number of nitrogens with one attached hydrogen (secondary N) is 1. The van der Waals surface area contributed by atoms with Crippen molar-refractivity contribution in [1.82, 2.24) is 4.37 Å². The van der Waals surface area contributed by atoms with Gasteiger partial charge < -0.3 is 14.8 Å². The molecule has 0 saturated carbocycles. The molecule has 0 fully saturated rings. The molecule has 2 aromatic heterocycles. The molecular formula is C11H8N2O5S. The first-order chi connectivity index (χ1) is 8.99. The molecule has 7 nitrogen and oxygen atoms in total. The van der Waals surface area contributed by atoms with Gasteiger partial charge in [-0.15, -0.1) is 0 Å². The van der Waals surface area contributed by atoms with Crippen molar-refractivity contribution in [2.24, 2.45) is 0 Å². The zero-order valence-corrected chi connectivity index (χ0v) is 10.5. The van der Waals surface area contributed by atoms with Crippen LogP contribution in [0.25, 0.3) is 0 Å². The highest BCUT2D eigenvalue weighted by molar-refractivity contribution is 7.11. The Morgan fingerprint density at radius 2 is 2.16 bits per heavy atom. The van der Waals surface area contributed by atoms with Gasteiger partial charge in [-0.25, -0.2) is 9.59 Å². The minimum atomic E-state index is -1.17. The summed E-state index contributed by atoms with van der Waals surface area (Å²) in [7, 11) is 0. The van der Waals surface area contributed by atoms with Gasteiger partial charge in [0.15, 0.2) is 0 Å². The Morgan fingerprint density at radius 3 is 2.74 bits per heavy atom. The average Bonchev–Trinajstić information content (AvgIpc) is 2.71. The van der Waals surface area contributed by atoms with Crippen molar-refractivity contribution in [3.8, 4) is 0 Å². The van der Waals surface area contributed by atoms with Crippen LogP contribution in [0.2, 0.25) is 0 Å². The first kappa shape index (κ1) is 13.0. The number of carbonyl (C=O) groups is 2. The average molecular weight is 280 g/mol. The first-order valence-corrected chi connectivity index (χ1v) is 5.86. The summed E-state index contributed by atoms with van der Waals surface area (Å²) in [5.74, 6) is -1.74. The van der Waals surface area contributed by atoms with E-state index < -0.39 is 17.5 Å². The second-order valence-electron chi connectivity index (χ2n) is 3.57. The smallest absolute Gasteiger partial charge is 0.340 e. The van der Waals surface area contributed by atoms with Gasteiger partial charge in [-0.3, -0.25) is 4.79 Å². The van der Waals surface area contributed by atoms with Crippen LogP contribution < -0.4 is 10.9 Å². The van der Waals surface area contributed by atoms with Crippen LogP contribution in [-0.4, -0.2) is 21.4 Å². The Kier molecular flexibility index (Phi) is 3.43. The number of carboxylic acids is 1. The van der Waals surface area contributed by atoms with E-state index in [1.165, 1.54) is 13.0 Å². The molecule has 1 amide bonds. The largest absolute Gasteiger partial charge is 0.478 e. The highest BCUT2D eigenvalue weighted by atomic mass is 32.1. The lowest BCUT2D eigenvalue weighted by Gasteiger charge is -2.02. The summed E-state index contributed by atoms with van der Waals surface area (Å²) in [5.41, 5.74) is -0.179. The van der Waals surface area contributed by atoms with Crippen LogP contribution in [0.4, 0.5) is 5.00 Å². The van der Waals surface area contributed by atoms with E-state index in [1.54, 1.807) is 0 Å². The number of nitrogens with zero attached hydrogens (tertiary/aromatic N) is 1. The van der Waals surface area contributed by atoms with E-state index in [2.05, 4.69) is 14.1 Å². The molecule has 0 aliphatic carbocycles. The maximum atomic E-state index is 11.8. The van der Waals surface area contributed by atoms with Crippen LogP contribution in [0.15, 0.2) is 27.6 Å². The first-order valence-electron chi connectivity index (χ1n) is 5.09. The summed E-state index contributed by atoms with van der Waals surface area (Å²) in [6.07, 6.45) is 1.01. The van der Waals surface area contributed by atoms with Crippen LogP contribution >= 0.6 is 11.5 Å². The van der Waals surface area contributed by atoms with E-state index in [4.69, 9.17) is 5.11 Å². The van der Waals surface area contributed by atoms with Gasteiger partial charge in [-0.05, 0) is 24.5 Å². The number of hydrogen-bond acceptors (Lipinski definition) is 6. The van der Waals surface area contributed by atoms with Crippen molar-refractivity contribution in [2.45, 2.75) is 6.92 Å². The third-order valence-electron chi connectivity index (χ3n) is 2.27. The fourth-order valence-electron chi connectivity index (χ4n) is 1.37. The van der Waals surface area contributed by atoms with Crippen LogP contribution in [0, 0.1) is 6.92 Å². The van der Waals surface area contributed by atoms with Gasteiger partial charge in [0.2, 0.25) is 0 Å². The fraction of sp³-hybridized carbons (Fsp3) is 0.0909. The van der Waals surface area contributed by atoms with Crippen LogP contribution in [0.1, 0.15) is 26.4 Å². The minimum absolute atomic E-state index is 0.0456. The molecule has 98 valence electrons. The number of aryl methyl sites for hydroxylation is 1. The van der Waals surface area contributed by atoms with Gasteiger partial charge in [0.25, 0.3) is 5.91 Å². The molecule has 0 aliphatic heterocycles. The van der Waals surface area contributed by atoms with E-state index in [0.717, 1.165) is 23.9 Å². The number of aromatic carboxylic acids is 1. The SMILES string of the molecule is Cc1nsc(NC(=O)c2ccc(=O)oc2)c1C(=O)O. The molecule has 2 rings (SSSR count). The Bertz CT molecular complexity index is 683. The topological polar surface area (TPSA) is 110 Å². The van der Waals surface area contributed by atoms with E-state index >= 15 is 0 Å². The molecule has 2 N–H and O–H groups in total. The summed E-state index contributed by atoms with van der Waals surface area (Å²) >= 11 is 0.876. The van der Waals surface area contributed by atoms with Gasteiger partial charge in [0.05, 0.1) is 11.3 Å². The zero-order chi connectivity index (χ0) is 14.0. The van der Waals surface area contributed by atoms with Crippen molar-refractivity contribution >= 4 is 28.4 Å². The molecule has 2 aromatic rings. The lowest BCUT2D eigenvalue weighted by molar-refractivity contribution is 0.0697. The summed E-state index contributed by atoms with van der Waals surface area (Å²) < 4.78 is 8.43. The Hall–Kier alpha value is -2.48. The van der Waals surface area contributed by atoms with Gasteiger partial charge in [0.1, 0.15) is 16.8 Å². The van der Waals surface area contributed by atoms with Crippen molar-refractivity contribution in [3.63, 3.8) is 0 Å². The molecular weight excluding hydrogens is 272 g/mol. The fourth-order valence-corrected chi connectivity index (χ4v) is 2.15. The van der Waals surface area contributed by atoms with E-state index in [0.29, 0.717) is 5.69 Å². The summed E-state index contributed by atoms with van der Waals surface area (Å²) in [6.45, 7) is 1.54. The van der Waals surface area contributed by atoms with Crippen molar-refractivity contribution in [1.29, 1.82) is 0 Å². The summed E-state index contributed by atoms with van der Waals surface area (Å²) in [5, 5.41) is 11.6. The third kappa shape index (κ3) is 2.68. The Balaban J connectivity index is 2.27. The summed E-state index contributed by atoms with van der Waals surface area (Å²) in [4.78, 5) is 33.6. The number of rotatable bonds is 3. The van der Waals surface area contributed by atoms with Gasteiger partial charge >= 0.3 is 11.6 Å². The van der Waals surface area contributed by atoms with E-state index in [9.17, 15) is 14.4 Å². The minimum Gasteiger partial charge on any atom is -0.478 e. The standard InChI is InChI=1S/C11H8N2O5S/c1-5-8(11(16)17)10(19-13-5)12-9(15)6-2-3-7(14)18-4-6/h2-4H,1H3,(H,12,15)(H,16,17). The maximum Gasteiger partial charge on any atom is 0.340 e. The number of hydrogen-bond donors (Lipinski definition) is 2. The molecule has 0 saturated heterocycles. The lowest BCUT2D eigenvalue weighted by Crippen LogP contribution is -2.14. The number of anilines is 1. The maximum absolute atomic E-state index is 11.8. The number of amides is 1. The second kappa shape index (κ2) is 5.02. The van der Waals surface area contributed by atoms with Crippen molar-refractivity contribution in [3.05, 3.63) is 45.6 Å². The van der Waals surface area contributed by atoms with Gasteiger partial charge in [-0.1, -0.05) is 0 Å². The van der Waals surface area contributed by atoms with E-state index in [1.807, 2.05) is 0 Å². The predicted molar refractivity (Wildman–Crippen MR) is 66.7 cm³/mol. The molecule has 0 unspecified atom stereocenters. The molecule has 0 spiro atoms. The number of aromatic nitrogens is 1. The van der Waals surface area contributed by atoms with E-state index in [-0.39, 0.29) is 16.1 Å².